The van der Waals surface area contributed by atoms with Crippen LogP contribution in [0.1, 0.15) is 42.3 Å². The van der Waals surface area contributed by atoms with E-state index in [1.807, 2.05) is 12.1 Å². The first kappa shape index (κ1) is 14.9. The highest BCUT2D eigenvalue weighted by atomic mass is 19.1. The molecule has 2 aromatic carbocycles. The Morgan fingerprint density at radius 3 is 2.68 bits per heavy atom. The number of rotatable bonds is 2. The summed E-state index contributed by atoms with van der Waals surface area (Å²) in [5.74, 6) is 1.56. The molecule has 2 bridgehead atoms. The van der Waals surface area contributed by atoms with Gasteiger partial charge in [0.05, 0.1) is 11.0 Å². The number of benzene rings is 2. The first-order chi connectivity index (χ1) is 12.1. The van der Waals surface area contributed by atoms with Crippen molar-refractivity contribution in [3.05, 3.63) is 69.5 Å². The van der Waals surface area contributed by atoms with Gasteiger partial charge in [0.25, 0.3) is 5.69 Å². The second-order valence-electron chi connectivity index (χ2n) is 7.61. The summed E-state index contributed by atoms with van der Waals surface area (Å²) < 4.78 is 14.5. The number of hydrogen-bond acceptors (Lipinski definition) is 3. The SMILES string of the molecule is O=[N+]([O-])c1ccc2c(c1)C1C3CCC(C3)C1C(c1ccccc1F)N2. The molecule has 2 aromatic rings. The van der Waals surface area contributed by atoms with E-state index in [1.54, 1.807) is 18.2 Å². The van der Waals surface area contributed by atoms with Gasteiger partial charge in [-0.05, 0) is 60.6 Å². The molecule has 0 amide bonds. The Morgan fingerprint density at radius 2 is 1.88 bits per heavy atom. The van der Waals surface area contributed by atoms with Crippen LogP contribution in [0, 0.1) is 33.7 Å². The van der Waals surface area contributed by atoms with E-state index in [1.165, 1.54) is 25.0 Å². The van der Waals surface area contributed by atoms with Crippen molar-refractivity contribution in [3.8, 4) is 0 Å². The number of nitrogens with zero attached hydrogens (tertiary/aromatic N) is 1. The Kier molecular flexibility index (Phi) is 3.14. The third-order valence-corrected chi connectivity index (χ3v) is 6.52. The predicted octanol–water partition coefficient (Wildman–Crippen LogP) is 5.03. The first-order valence-corrected chi connectivity index (χ1v) is 8.93. The number of halogens is 1. The molecule has 0 spiro atoms. The zero-order valence-corrected chi connectivity index (χ0v) is 13.7. The van der Waals surface area contributed by atoms with Gasteiger partial charge in [0, 0.05) is 23.4 Å². The van der Waals surface area contributed by atoms with Crippen LogP contribution in [-0.4, -0.2) is 4.92 Å². The number of nitrogens with one attached hydrogen (secondary N) is 1. The van der Waals surface area contributed by atoms with Crippen LogP contribution in [0.15, 0.2) is 42.5 Å². The maximum atomic E-state index is 14.5. The van der Waals surface area contributed by atoms with Crippen molar-refractivity contribution in [2.75, 3.05) is 5.32 Å². The molecular formula is C20H19FN2O2. The van der Waals surface area contributed by atoms with Crippen molar-refractivity contribution in [2.45, 2.75) is 31.2 Å². The van der Waals surface area contributed by atoms with Gasteiger partial charge in [-0.25, -0.2) is 4.39 Å². The van der Waals surface area contributed by atoms with E-state index < -0.39 is 0 Å². The van der Waals surface area contributed by atoms with E-state index in [0.717, 1.165) is 17.7 Å². The summed E-state index contributed by atoms with van der Waals surface area (Å²) in [6, 6.07) is 12.0. The van der Waals surface area contributed by atoms with Crippen LogP contribution < -0.4 is 5.32 Å². The molecule has 3 aliphatic rings. The van der Waals surface area contributed by atoms with Gasteiger partial charge in [0.1, 0.15) is 5.82 Å². The lowest BCUT2D eigenvalue weighted by molar-refractivity contribution is -0.384. The number of nitro benzene ring substituents is 1. The lowest BCUT2D eigenvalue weighted by Gasteiger charge is -2.43. The molecule has 128 valence electrons. The molecule has 4 nitrogen and oxygen atoms in total. The summed E-state index contributed by atoms with van der Waals surface area (Å²) in [6.45, 7) is 0. The van der Waals surface area contributed by atoms with Gasteiger partial charge in [0.2, 0.25) is 0 Å². The standard InChI is InChI=1S/C20H19FN2O2/c21-16-4-2-1-3-14(16)20-19-12-6-5-11(9-12)18(19)15-10-13(23(24)25)7-8-17(15)22-20/h1-4,7-8,10-12,18-20,22H,5-6,9H2. The van der Waals surface area contributed by atoms with E-state index in [0.29, 0.717) is 29.2 Å². The van der Waals surface area contributed by atoms with Crippen molar-refractivity contribution in [1.82, 2.24) is 0 Å². The van der Waals surface area contributed by atoms with E-state index in [-0.39, 0.29) is 22.5 Å². The normalized spacial score (nSPS) is 32.0. The van der Waals surface area contributed by atoms with Crippen LogP contribution in [-0.2, 0) is 0 Å². The van der Waals surface area contributed by atoms with Crippen molar-refractivity contribution < 1.29 is 9.31 Å². The maximum Gasteiger partial charge on any atom is 0.269 e. The number of anilines is 1. The van der Waals surface area contributed by atoms with Gasteiger partial charge in [-0.15, -0.1) is 0 Å². The van der Waals surface area contributed by atoms with Crippen LogP contribution >= 0.6 is 0 Å². The Balaban J connectivity index is 1.65. The lowest BCUT2D eigenvalue weighted by Crippen LogP contribution is -2.35. The first-order valence-electron chi connectivity index (χ1n) is 8.93. The molecular weight excluding hydrogens is 319 g/mol. The molecule has 2 fully saturated rings. The molecule has 1 N–H and O–H groups in total. The van der Waals surface area contributed by atoms with E-state index in [9.17, 15) is 14.5 Å². The van der Waals surface area contributed by atoms with Crippen LogP contribution in [0.2, 0.25) is 0 Å². The van der Waals surface area contributed by atoms with Crippen LogP contribution in [0.25, 0.3) is 0 Å². The zero-order valence-electron chi connectivity index (χ0n) is 13.7. The molecule has 1 heterocycles. The quantitative estimate of drug-likeness (QED) is 0.617. The monoisotopic (exact) mass is 338 g/mol. The van der Waals surface area contributed by atoms with Crippen LogP contribution in [0.4, 0.5) is 15.8 Å². The van der Waals surface area contributed by atoms with Gasteiger partial charge in [0.15, 0.2) is 0 Å². The second-order valence-corrected chi connectivity index (χ2v) is 7.61. The third-order valence-electron chi connectivity index (χ3n) is 6.52. The fourth-order valence-corrected chi connectivity index (χ4v) is 5.62. The molecule has 5 atom stereocenters. The summed E-state index contributed by atoms with van der Waals surface area (Å²) >= 11 is 0. The molecule has 1 aliphatic heterocycles. The minimum absolute atomic E-state index is 0.0598. The van der Waals surface area contributed by atoms with Gasteiger partial charge in [-0.2, -0.15) is 0 Å². The van der Waals surface area contributed by atoms with Gasteiger partial charge >= 0.3 is 0 Å². The molecule has 5 unspecified atom stereocenters. The fourth-order valence-electron chi connectivity index (χ4n) is 5.62. The highest BCUT2D eigenvalue weighted by Gasteiger charge is 2.54. The minimum Gasteiger partial charge on any atom is -0.378 e. The molecule has 25 heavy (non-hydrogen) atoms. The fraction of sp³-hybridized carbons (Fsp3) is 0.400. The van der Waals surface area contributed by atoms with Crippen molar-refractivity contribution in [3.63, 3.8) is 0 Å². The zero-order chi connectivity index (χ0) is 17.1. The van der Waals surface area contributed by atoms with Crippen LogP contribution in [0.5, 0.6) is 0 Å². The van der Waals surface area contributed by atoms with E-state index in [4.69, 9.17) is 0 Å². The molecule has 0 radical (unpaired) electrons. The Hall–Kier alpha value is -2.43. The van der Waals surface area contributed by atoms with Gasteiger partial charge < -0.3 is 5.32 Å². The van der Waals surface area contributed by atoms with Crippen molar-refractivity contribution in [1.29, 1.82) is 0 Å². The smallest absolute Gasteiger partial charge is 0.269 e. The van der Waals surface area contributed by atoms with Gasteiger partial charge in [-0.1, -0.05) is 18.2 Å². The Morgan fingerprint density at radius 1 is 1.08 bits per heavy atom. The molecule has 0 aromatic heterocycles. The van der Waals surface area contributed by atoms with E-state index >= 15 is 0 Å². The molecule has 5 rings (SSSR count). The topological polar surface area (TPSA) is 55.2 Å². The number of fused-ring (bicyclic) bond motifs is 7. The molecule has 0 saturated heterocycles. The van der Waals surface area contributed by atoms with Crippen molar-refractivity contribution >= 4 is 11.4 Å². The average Bonchev–Trinajstić information content (AvgIpc) is 3.23. The number of hydrogen-bond donors (Lipinski definition) is 1. The number of nitro groups is 1. The summed E-state index contributed by atoms with van der Waals surface area (Å²) in [5.41, 5.74) is 2.84. The maximum absolute atomic E-state index is 14.5. The highest BCUT2D eigenvalue weighted by Crippen LogP contribution is 2.64. The number of non-ortho nitro benzene ring substituents is 1. The molecule has 2 aliphatic carbocycles. The third kappa shape index (κ3) is 2.11. The van der Waals surface area contributed by atoms with Crippen LogP contribution in [0.3, 0.4) is 0 Å². The highest BCUT2D eigenvalue weighted by molar-refractivity contribution is 5.62. The predicted molar refractivity (Wildman–Crippen MR) is 92.9 cm³/mol. The Bertz CT molecular complexity index is 869. The summed E-state index contributed by atoms with van der Waals surface area (Å²) in [5, 5.41) is 14.7. The summed E-state index contributed by atoms with van der Waals surface area (Å²) in [4.78, 5) is 10.9. The minimum atomic E-state index is -0.328. The average molecular weight is 338 g/mol. The second kappa shape index (κ2) is 5.28. The van der Waals surface area contributed by atoms with Crippen molar-refractivity contribution in [2.24, 2.45) is 17.8 Å². The largest absolute Gasteiger partial charge is 0.378 e. The summed E-state index contributed by atoms with van der Waals surface area (Å²) in [7, 11) is 0. The van der Waals surface area contributed by atoms with Gasteiger partial charge in [-0.3, -0.25) is 10.1 Å². The summed E-state index contributed by atoms with van der Waals surface area (Å²) in [6.07, 6.45) is 3.52. The molecule has 2 saturated carbocycles. The van der Waals surface area contributed by atoms with E-state index in [2.05, 4.69) is 5.32 Å². The Labute approximate surface area is 145 Å². The molecule has 5 heteroatoms. The lowest BCUT2D eigenvalue weighted by atomic mass is 9.68.